The van der Waals surface area contributed by atoms with Crippen LogP contribution in [0.4, 0.5) is 5.13 Å². The van der Waals surface area contributed by atoms with Crippen molar-refractivity contribution < 1.29 is 19.1 Å². The van der Waals surface area contributed by atoms with E-state index in [4.69, 9.17) is 4.74 Å². The Labute approximate surface area is 172 Å². The van der Waals surface area contributed by atoms with Crippen LogP contribution in [0.2, 0.25) is 0 Å². The number of ether oxygens (including phenoxy) is 1. The van der Waals surface area contributed by atoms with E-state index in [1.54, 1.807) is 14.0 Å². The molecular formula is C21H21N3O4S. The highest BCUT2D eigenvalue weighted by Gasteiger charge is 2.50. The van der Waals surface area contributed by atoms with E-state index >= 15 is 0 Å². The van der Waals surface area contributed by atoms with E-state index in [1.807, 2.05) is 41.8 Å². The fourth-order valence-electron chi connectivity index (χ4n) is 3.76. The second kappa shape index (κ2) is 7.79. The zero-order valence-electron chi connectivity index (χ0n) is 16.1. The molecule has 1 aromatic carbocycles. The Balaban J connectivity index is 1.45. The number of benzene rings is 1. The molecule has 1 aromatic heterocycles. The number of carbonyl (C=O) groups excluding carboxylic acids is 3. The Morgan fingerprint density at radius 2 is 1.79 bits per heavy atom. The lowest BCUT2D eigenvalue weighted by molar-refractivity contribution is -0.146. The van der Waals surface area contributed by atoms with E-state index < -0.39 is 11.9 Å². The van der Waals surface area contributed by atoms with Gasteiger partial charge in [-0.15, -0.1) is 11.3 Å². The van der Waals surface area contributed by atoms with Crippen LogP contribution in [0, 0.1) is 11.8 Å². The molecule has 7 nitrogen and oxygen atoms in total. The summed E-state index contributed by atoms with van der Waals surface area (Å²) in [7, 11) is 1.61. The lowest BCUT2D eigenvalue weighted by atomic mass is 9.85. The Kier molecular flexibility index (Phi) is 5.19. The van der Waals surface area contributed by atoms with E-state index in [1.165, 1.54) is 11.3 Å². The molecule has 1 fully saturated rings. The smallest absolute Gasteiger partial charge is 0.249 e. The van der Waals surface area contributed by atoms with Gasteiger partial charge in [0.15, 0.2) is 5.13 Å². The molecule has 0 spiro atoms. The van der Waals surface area contributed by atoms with Crippen molar-refractivity contribution in [2.24, 2.45) is 11.8 Å². The number of carbonyl (C=O) groups is 3. The van der Waals surface area contributed by atoms with Crippen molar-refractivity contribution >= 4 is 34.2 Å². The van der Waals surface area contributed by atoms with Crippen molar-refractivity contribution in [1.82, 2.24) is 9.88 Å². The second-order valence-electron chi connectivity index (χ2n) is 7.13. The third kappa shape index (κ3) is 3.55. The molecule has 2 heterocycles. The number of methoxy groups -OCH3 is 1. The molecule has 0 bridgehead atoms. The predicted octanol–water partition coefficient (Wildman–Crippen LogP) is 3.10. The van der Waals surface area contributed by atoms with Crippen LogP contribution in [0.15, 0.2) is 41.8 Å². The number of nitrogens with zero attached hydrogens (tertiary/aromatic N) is 2. The van der Waals surface area contributed by atoms with Crippen molar-refractivity contribution in [3.05, 3.63) is 41.8 Å². The van der Waals surface area contributed by atoms with Gasteiger partial charge in [0.2, 0.25) is 17.7 Å². The zero-order chi connectivity index (χ0) is 20.5. The number of thiazole rings is 1. The summed E-state index contributed by atoms with van der Waals surface area (Å²) in [6, 6.07) is 6.58. The number of anilines is 1. The standard InChI is InChI=1S/C21H21N3O4S/c1-12(24-19(26)15-5-3-4-6-16(15)20(24)27)18(25)23-21-22-17(11-29-21)13-7-9-14(28-2)10-8-13/h3-4,7-12,15-16H,5-6H2,1-2H3,(H,22,23,25)/t12-,15-,16+/m0/s1. The van der Waals surface area contributed by atoms with Gasteiger partial charge in [0.1, 0.15) is 11.8 Å². The molecule has 2 aliphatic rings. The van der Waals surface area contributed by atoms with Crippen LogP contribution in [0.3, 0.4) is 0 Å². The zero-order valence-corrected chi connectivity index (χ0v) is 16.9. The molecule has 1 saturated heterocycles. The number of rotatable bonds is 5. The minimum absolute atomic E-state index is 0.259. The molecule has 8 heteroatoms. The number of fused-ring (bicyclic) bond motifs is 1. The summed E-state index contributed by atoms with van der Waals surface area (Å²) in [6.07, 6.45) is 4.96. The van der Waals surface area contributed by atoms with Gasteiger partial charge in [-0.1, -0.05) is 12.2 Å². The maximum Gasteiger partial charge on any atom is 0.249 e. The lowest BCUT2D eigenvalue weighted by Crippen LogP contribution is -2.46. The monoisotopic (exact) mass is 411 g/mol. The molecule has 0 saturated carbocycles. The van der Waals surface area contributed by atoms with Crippen LogP contribution in [0.25, 0.3) is 11.3 Å². The van der Waals surface area contributed by atoms with Gasteiger partial charge in [-0.25, -0.2) is 4.98 Å². The Bertz CT molecular complexity index is 956. The summed E-state index contributed by atoms with van der Waals surface area (Å²) in [5.74, 6) is -0.875. The highest BCUT2D eigenvalue weighted by Crippen LogP contribution is 2.36. The first-order valence-corrected chi connectivity index (χ1v) is 10.3. The van der Waals surface area contributed by atoms with Gasteiger partial charge >= 0.3 is 0 Å². The van der Waals surface area contributed by atoms with Crippen LogP contribution < -0.4 is 10.1 Å². The van der Waals surface area contributed by atoms with Gasteiger partial charge in [-0.2, -0.15) is 0 Å². The van der Waals surface area contributed by atoms with Crippen molar-refractivity contribution in [1.29, 1.82) is 0 Å². The quantitative estimate of drug-likeness (QED) is 0.603. The normalized spacial score (nSPS) is 21.8. The van der Waals surface area contributed by atoms with Crippen LogP contribution >= 0.6 is 11.3 Å². The summed E-state index contributed by atoms with van der Waals surface area (Å²) in [6.45, 7) is 1.58. The maximum absolute atomic E-state index is 12.7. The Hall–Kier alpha value is -3.00. The average molecular weight is 411 g/mol. The molecule has 1 aliphatic heterocycles. The summed E-state index contributed by atoms with van der Waals surface area (Å²) < 4.78 is 5.15. The van der Waals surface area contributed by atoms with Crippen LogP contribution in [0.1, 0.15) is 19.8 Å². The van der Waals surface area contributed by atoms with Crippen molar-refractivity contribution in [2.45, 2.75) is 25.8 Å². The van der Waals surface area contributed by atoms with Gasteiger partial charge in [0.25, 0.3) is 0 Å². The van der Waals surface area contributed by atoms with E-state index in [2.05, 4.69) is 10.3 Å². The van der Waals surface area contributed by atoms with Gasteiger partial charge in [0, 0.05) is 10.9 Å². The number of hydrogen-bond acceptors (Lipinski definition) is 6. The van der Waals surface area contributed by atoms with Gasteiger partial charge in [0.05, 0.1) is 24.6 Å². The average Bonchev–Trinajstić information content (AvgIpc) is 3.31. The number of imide groups is 1. The molecule has 1 aliphatic carbocycles. The van der Waals surface area contributed by atoms with Gasteiger partial charge in [-0.3, -0.25) is 19.3 Å². The molecule has 29 heavy (non-hydrogen) atoms. The summed E-state index contributed by atoms with van der Waals surface area (Å²) in [5, 5.41) is 5.00. The van der Waals surface area contributed by atoms with Crippen molar-refractivity contribution in [3.8, 4) is 17.0 Å². The van der Waals surface area contributed by atoms with E-state index in [0.29, 0.717) is 18.0 Å². The van der Waals surface area contributed by atoms with Crippen molar-refractivity contribution in [2.75, 3.05) is 12.4 Å². The van der Waals surface area contributed by atoms with E-state index in [-0.39, 0.29) is 23.7 Å². The van der Waals surface area contributed by atoms with Crippen LogP contribution in [-0.4, -0.2) is 40.8 Å². The number of amides is 3. The highest BCUT2D eigenvalue weighted by atomic mass is 32.1. The number of allylic oxidation sites excluding steroid dienone is 2. The number of aromatic nitrogens is 1. The minimum atomic E-state index is -0.881. The van der Waals surface area contributed by atoms with Crippen LogP contribution in [-0.2, 0) is 14.4 Å². The molecular weight excluding hydrogens is 390 g/mol. The lowest BCUT2D eigenvalue weighted by Gasteiger charge is -2.21. The predicted molar refractivity (Wildman–Crippen MR) is 109 cm³/mol. The topological polar surface area (TPSA) is 88.6 Å². The molecule has 1 N–H and O–H groups in total. The van der Waals surface area contributed by atoms with E-state index in [9.17, 15) is 14.4 Å². The molecule has 2 aromatic rings. The second-order valence-corrected chi connectivity index (χ2v) is 7.99. The fraction of sp³-hybridized carbons (Fsp3) is 0.333. The highest BCUT2D eigenvalue weighted by molar-refractivity contribution is 7.14. The van der Waals surface area contributed by atoms with Crippen LogP contribution in [0.5, 0.6) is 5.75 Å². The van der Waals surface area contributed by atoms with Crippen molar-refractivity contribution in [3.63, 3.8) is 0 Å². The molecule has 4 rings (SSSR count). The first kappa shape index (κ1) is 19.3. The molecule has 0 unspecified atom stereocenters. The SMILES string of the molecule is COc1ccc(-c2csc(NC(=O)[C@H](C)N3C(=O)[C@H]4CC=CC[C@H]4C3=O)n2)cc1. The number of nitrogens with one attached hydrogen (secondary N) is 1. The first-order valence-electron chi connectivity index (χ1n) is 9.42. The number of hydrogen-bond donors (Lipinski definition) is 1. The Morgan fingerprint density at radius 3 is 2.38 bits per heavy atom. The summed E-state index contributed by atoms with van der Waals surface area (Å²) in [4.78, 5) is 43.6. The molecule has 150 valence electrons. The fourth-order valence-corrected chi connectivity index (χ4v) is 4.48. The summed E-state index contributed by atoms with van der Waals surface area (Å²) in [5.41, 5.74) is 1.63. The van der Waals surface area contributed by atoms with Gasteiger partial charge in [-0.05, 0) is 44.0 Å². The summed E-state index contributed by atoms with van der Waals surface area (Å²) >= 11 is 1.29. The maximum atomic E-state index is 12.7. The molecule has 0 radical (unpaired) electrons. The van der Waals surface area contributed by atoms with E-state index in [0.717, 1.165) is 21.9 Å². The molecule has 3 atom stereocenters. The first-order chi connectivity index (χ1) is 14.0. The Morgan fingerprint density at radius 1 is 1.17 bits per heavy atom. The third-order valence-electron chi connectivity index (χ3n) is 5.43. The number of likely N-dealkylation sites (tertiary alicyclic amines) is 1. The largest absolute Gasteiger partial charge is 0.497 e. The molecule has 3 amide bonds. The minimum Gasteiger partial charge on any atom is -0.497 e. The van der Waals surface area contributed by atoms with Gasteiger partial charge < -0.3 is 10.1 Å². The third-order valence-corrected chi connectivity index (χ3v) is 6.19.